The van der Waals surface area contributed by atoms with Gasteiger partial charge < -0.3 is 14.9 Å². The second-order valence-electron chi connectivity index (χ2n) is 3.77. The third kappa shape index (κ3) is 11.8. The Labute approximate surface area is 87.3 Å². The van der Waals surface area contributed by atoms with Crippen molar-refractivity contribution >= 4 is 0 Å². The van der Waals surface area contributed by atoms with Crippen LogP contribution < -0.4 is 10.8 Å². The number of ether oxygens (including phenoxy) is 1. The molecule has 14 heavy (non-hydrogen) atoms. The van der Waals surface area contributed by atoms with Gasteiger partial charge in [-0.1, -0.05) is 13.8 Å². The fourth-order valence-corrected chi connectivity index (χ4v) is 0.879. The zero-order valence-electron chi connectivity index (χ0n) is 9.80. The van der Waals surface area contributed by atoms with Gasteiger partial charge in [0, 0.05) is 19.1 Å². The van der Waals surface area contributed by atoms with Crippen molar-refractivity contribution in [2.75, 3.05) is 26.3 Å². The van der Waals surface area contributed by atoms with Crippen LogP contribution in [0.5, 0.6) is 0 Å². The standard InChI is InChI=1S/C10H24N2O2/c1-9(2)11-5-8-14-12-6-7-13-10(3)4/h9-12H,5-8H2,1-4H3. The van der Waals surface area contributed by atoms with Gasteiger partial charge in [0.1, 0.15) is 0 Å². The minimum absolute atomic E-state index is 0.291. The van der Waals surface area contributed by atoms with Crippen molar-refractivity contribution in [2.24, 2.45) is 0 Å². The molecule has 4 nitrogen and oxygen atoms in total. The molecule has 0 aliphatic heterocycles. The summed E-state index contributed by atoms with van der Waals surface area (Å²) in [5.74, 6) is 0. The molecule has 0 rings (SSSR count). The largest absolute Gasteiger partial charge is 0.377 e. The number of hydroxylamine groups is 1. The quantitative estimate of drug-likeness (QED) is 0.433. The maximum atomic E-state index is 5.33. The minimum Gasteiger partial charge on any atom is -0.377 e. The molecule has 86 valence electrons. The van der Waals surface area contributed by atoms with E-state index in [-0.39, 0.29) is 0 Å². The van der Waals surface area contributed by atoms with Crippen molar-refractivity contribution < 1.29 is 9.57 Å². The Kier molecular flexibility index (Phi) is 9.29. The van der Waals surface area contributed by atoms with Crippen LogP contribution in [0.3, 0.4) is 0 Å². The predicted molar refractivity (Wildman–Crippen MR) is 58.2 cm³/mol. The first-order chi connectivity index (χ1) is 6.63. The lowest BCUT2D eigenvalue weighted by Crippen LogP contribution is -2.30. The van der Waals surface area contributed by atoms with Crippen LogP contribution >= 0.6 is 0 Å². The van der Waals surface area contributed by atoms with Gasteiger partial charge in [-0.15, -0.1) is 0 Å². The lowest BCUT2D eigenvalue weighted by atomic mass is 10.4. The van der Waals surface area contributed by atoms with Gasteiger partial charge in [-0.25, -0.2) is 5.48 Å². The zero-order valence-corrected chi connectivity index (χ0v) is 9.80. The van der Waals surface area contributed by atoms with E-state index in [1.807, 2.05) is 13.8 Å². The Balaban J connectivity index is 2.92. The van der Waals surface area contributed by atoms with Gasteiger partial charge in [-0.2, -0.15) is 0 Å². The summed E-state index contributed by atoms with van der Waals surface area (Å²) in [4.78, 5) is 5.17. The van der Waals surface area contributed by atoms with Crippen molar-refractivity contribution in [3.63, 3.8) is 0 Å². The highest BCUT2D eigenvalue weighted by Gasteiger charge is 1.93. The van der Waals surface area contributed by atoms with Gasteiger partial charge >= 0.3 is 0 Å². The molecule has 0 atom stereocenters. The molecule has 0 saturated heterocycles. The summed E-state index contributed by atoms with van der Waals surface area (Å²) in [5, 5.41) is 3.26. The summed E-state index contributed by atoms with van der Waals surface area (Å²) < 4.78 is 5.33. The monoisotopic (exact) mass is 204 g/mol. The Morgan fingerprint density at radius 2 is 1.71 bits per heavy atom. The molecule has 0 amide bonds. The van der Waals surface area contributed by atoms with Crippen LogP contribution in [0.25, 0.3) is 0 Å². The topological polar surface area (TPSA) is 42.5 Å². The number of rotatable bonds is 9. The first kappa shape index (κ1) is 13.8. The maximum Gasteiger partial charge on any atom is 0.0806 e. The second-order valence-corrected chi connectivity index (χ2v) is 3.77. The molecule has 0 saturated carbocycles. The Bertz CT molecular complexity index is 105. The molecule has 0 bridgehead atoms. The van der Waals surface area contributed by atoms with Crippen LogP contribution in [-0.2, 0) is 9.57 Å². The fraction of sp³-hybridized carbons (Fsp3) is 1.00. The van der Waals surface area contributed by atoms with Crippen LogP contribution in [0.2, 0.25) is 0 Å². The van der Waals surface area contributed by atoms with Gasteiger partial charge in [-0.3, -0.25) is 0 Å². The van der Waals surface area contributed by atoms with E-state index in [0.717, 1.165) is 13.1 Å². The molecule has 2 N–H and O–H groups in total. The Hall–Kier alpha value is -0.160. The van der Waals surface area contributed by atoms with E-state index in [1.165, 1.54) is 0 Å². The molecule has 0 aromatic heterocycles. The molecule has 0 fully saturated rings. The molecule has 0 aliphatic rings. The van der Waals surface area contributed by atoms with Crippen LogP contribution in [-0.4, -0.2) is 38.4 Å². The molecule has 4 heteroatoms. The summed E-state index contributed by atoms with van der Waals surface area (Å²) in [6.07, 6.45) is 0.291. The summed E-state index contributed by atoms with van der Waals surface area (Å²) in [5.41, 5.74) is 2.85. The van der Waals surface area contributed by atoms with Gasteiger partial charge in [0.05, 0.1) is 19.3 Å². The summed E-state index contributed by atoms with van der Waals surface area (Å²) in [6.45, 7) is 11.2. The van der Waals surface area contributed by atoms with Crippen molar-refractivity contribution in [1.82, 2.24) is 10.8 Å². The van der Waals surface area contributed by atoms with E-state index in [0.29, 0.717) is 25.4 Å². The Morgan fingerprint density at radius 3 is 2.29 bits per heavy atom. The van der Waals surface area contributed by atoms with Crippen molar-refractivity contribution in [1.29, 1.82) is 0 Å². The zero-order chi connectivity index (χ0) is 10.8. The van der Waals surface area contributed by atoms with E-state index < -0.39 is 0 Å². The lowest BCUT2D eigenvalue weighted by molar-refractivity contribution is 0.00971. The average Bonchev–Trinajstić information content (AvgIpc) is 2.08. The SMILES string of the molecule is CC(C)NCCONCCOC(C)C. The third-order valence-electron chi connectivity index (χ3n) is 1.51. The van der Waals surface area contributed by atoms with Gasteiger partial charge in [0.15, 0.2) is 0 Å². The number of hydrogen-bond donors (Lipinski definition) is 2. The molecular formula is C10H24N2O2. The molecule has 0 radical (unpaired) electrons. The molecule has 0 unspecified atom stereocenters. The molecule has 0 aliphatic carbocycles. The number of hydrogen-bond acceptors (Lipinski definition) is 4. The van der Waals surface area contributed by atoms with Gasteiger partial charge in [0.2, 0.25) is 0 Å². The van der Waals surface area contributed by atoms with E-state index in [4.69, 9.17) is 9.57 Å². The summed E-state index contributed by atoms with van der Waals surface area (Å²) in [6, 6.07) is 0.517. The summed E-state index contributed by atoms with van der Waals surface area (Å²) >= 11 is 0. The first-order valence-corrected chi connectivity index (χ1v) is 5.32. The number of nitrogens with one attached hydrogen (secondary N) is 2. The van der Waals surface area contributed by atoms with Crippen LogP contribution in [0.1, 0.15) is 27.7 Å². The molecular weight excluding hydrogens is 180 g/mol. The van der Waals surface area contributed by atoms with Gasteiger partial charge in [-0.05, 0) is 13.8 Å². The first-order valence-electron chi connectivity index (χ1n) is 5.32. The lowest BCUT2D eigenvalue weighted by Gasteiger charge is -2.10. The molecule has 0 heterocycles. The highest BCUT2D eigenvalue weighted by Crippen LogP contribution is 1.84. The third-order valence-corrected chi connectivity index (χ3v) is 1.51. The van der Waals surface area contributed by atoms with Crippen LogP contribution in [0, 0.1) is 0 Å². The minimum atomic E-state index is 0.291. The average molecular weight is 204 g/mol. The normalized spacial score (nSPS) is 11.6. The van der Waals surface area contributed by atoms with Crippen molar-refractivity contribution in [3.8, 4) is 0 Å². The van der Waals surface area contributed by atoms with E-state index in [2.05, 4.69) is 24.6 Å². The van der Waals surface area contributed by atoms with Crippen molar-refractivity contribution in [2.45, 2.75) is 39.8 Å². The molecule has 0 spiro atoms. The van der Waals surface area contributed by atoms with E-state index in [9.17, 15) is 0 Å². The van der Waals surface area contributed by atoms with Gasteiger partial charge in [0.25, 0.3) is 0 Å². The van der Waals surface area contributed by atoms with Crippen molar-refractivity contribution in [3.05, 3.63) is 0 Å². The highest BCUT2D eigenvalue weighted by molar-refractivity contribution is 4.50. The van der Waals surface area contributed by atoms with Crippen LogP contribution in [0.4, 0.5) is 0 Å². The second kappa shape index (κ2) is 9.40. The smallest absolute Gasteiger partial charge is 0.0806 e. The van der Waals surface area contributed by atoms with E-state index in [1.54, 1.807) is 0 Å². The fourth-order valence-electron chi connectivity index (χ4n) is 0.879. The Morgan fingerprint density at radius 1 is 1.00 bits per heavy atom. The van der Waals surface area contributed by atoms with Crippen LogP contribution in [0.15, 0.2) is 0 Å². The molecule has 0 aromatic rings. The predicted octanol–water partition coefficient (Wildman–Crippen LogP) is 0.931. The maximum absolute atomic E-state index is 5.33. The molecule has 0 aromatic carbocycles. The highest BCUT2D eigenvalue weighted by atomic mass is 16.6. The summed E-state index contributed by atoms with van der Waals surface area (Å²) in [7, 11) is 0. The van der Waals surface area contributed by atoms with E-state index >= 15 is 0 Å².